The van der Waals surface area contributed by atoms with Gasteiger partial charge in [0.25, 0.3) is 0 Å². The van der Waals surface area contributed by atoms with E-state index in [4.69, 9.17) is 4.74 Å². The van der Waals surface area contributed by atoms with Crippen LogP contribution in [0.2, 0.25) is 0 Å². The highest BCUT2D eigenvalue weighted by molar-refractivity contribution is 9.10. The maximum Gasteiger partial charge on any atom is 0.166 e. The van der Waals surface area contributed by atoms with E-state index in [0.29, 0.717) is 24.3 Å². The SMILES string of the molecule is CCC(=O)c1ccccc1OCc1c(Br)c(C)nn1C. The van der Waals surface area contributed by atoms with Crippen molar-refractivity contribution in [3.63, 3.8) is 0 Å². The Balaban J connectivity index is 2.21. The summed E-state index contributed by atoms with van der Waals surface area (Å²) in [5, 5.41) is 4.32. The van der Waals surface area contributed by atoms with E-state index < -0.39 is 0 Å². The van der Waals surface area contributed by atoms with Gasteiger partial charge in [-0.25, -0.2) is 0 Å². The van der Waals surface area contributed by atoms with Crippen molar-refractivity contribution in [3.05, 3.63) is 45.7 Å². The van der Waals surface area contributed by atoms with Crippen molar-refractivity contribution < 1.29 is 9.53 Å². The number of para-hydroxylation sites is 1. The fourth-order valence-electron chi connectivity index (χ4n) is 2.00. The summed E-state index contributed by atoms with van der Waals surface area (Å²) in [5.74, 6) is 0.700. The second kappa shape index (κ2) is 6.22. The molecule has 0 fully saturated rings. The maximum absolute atomic E-state index is 11.9. The van der Waals surface area contributed by atoms with Gasteiger partial charge in [0.15, 0.2) is 5.78 Å². The lowest BCUT2D eigenvalue weighted by Crippen LogP contribution is -2.06. The van der Waals surface area contributed by atoms with Crippen molar-refractivity contribution in [2.45, 2.75) is 26.9 Å². The number of nitrogens with zero attached hydrogens (tertiary/aromatic N) is 2. The summed E-state index contributed by atoms with van der Waals surface area (Å²) < 4.78 is 8.53. The van der Waals surface area contributed by atoms with Crippen molar-refractivity contribution >= 4 is 21.7 Å². The highest BCUT2D eigenvalue weighted by Gasteiger charge is 2.14. The van der Waals surface area contributed by atoms with Crippen LogP contribution in [-0.2, 0) is 13.7 Å². The monoisotopic (exact) mass is 336 g/mol. The number of carbonyl (C=O) groups excluding carboxylic acids is 1. The summed E-state index contributed by atoms with van der Waals surface area (Å²) in [7, 11) is 1.87. The molecule has 0 saturated heterocycles. The zero-order valence-corrected chi connectivity index (χ0v) is 13.4. The zero-order valence-electron chi connectivity index (χ0n) is 11.8. The van der Waals surface area contributed by atoms with E-state index in [1.165, 1.54) is 0 Å². The number of aromatic nitrogens is 2. The number of hydrogen-bond donors (Lipinski definition) is 0. The van der Waals surface area contributed by atoms with Gasteiger partial charge in [-0.15, -0.1) is 0 Å². The van der Waals surface area contributed by atoms with E-state index in [1.54, 1.807) is 10.7 Å². The molecule has 0 spiro atoms. The molecule has 1 aromatic carbocycles. The third kappa shape index (κ3) is 2.93. The average molecular weight is 337 g/mol. The lowest BCUT2D eigenvalue weighted by molar-refractivity contribution is 0.0983. The number of hydrogen-bond acceptors (Lipinski definition) is 3. The average Bonchev–Trinajstić information content (AvgIpc) is 2.70. The van der Waals surface area contributed by atoms with Crippen LogP contribution >= 0.6 is 15.9 Å². The van der Waals surface area contributed by atoms with E-state index in [1.807, 2.05) is 39.1 Å². The van der Waals surface area contributed by atoms with Gasteiger partial charge in [-0.3, -0.25) is 9.48 Å². The van der Waals surface area contributed by atoms with Crippen LogP contribution in [0.15, 0.2) is 28.7 Å². The Morgan fingerprint density at radius 2 is 2.10 bits per heavy atom. The minimum absolute atomic E-state index is 0.0841. The summed E-state index contributed by atoms with van der Waals surface area (Å²) in [5.41, 5.74) is 2.50. The first-order valence-electron chi connectivity index (χ1n) is 6.47. The van der Waals surface area contributed by atoms with Gasteiger partial charge in [0.2, 0.25) is 0 Å². The van der Waals surface area contributed by atoms with Gasteiger partial charge >= 0.3 is 0 Å². The Bertz CT molecular complexity index is 635. The fourth-order valence-corrected chi connectivity index (χ4v) is 2.45. The van der Waals surface area contributed by atoms with Gasteiger partial charge in [-0.2, -0.15) is 5.10 Å². The van der Waals surface area contributed by atoms with Crippen molar-refractivity contribution in [1.82, 2.24) is 9.78 Å². The van der Waals surface area contributed by atoms with Crippen LogP contribution in [0.25, 0.3) is 0 Å². The molecule has 5 heteroatoms. The summed E-state index contributed by atoms with van der Waals surface area (Å²) >= 11 is 3.51. The van der Waals surface area contributed by atoms with Gasteiger partial charge < -0.3 is 4.74 Å². The number of rotatable bonds is 5. The molecule has 1 heterocycles. The second-order valence-corrected chi connectivity index (χ2v) is 5.32. The molecule has 0 aliphatic heterocycles. The van der Waals surface area contributed by atoms with Crippen LogP contribution in [0.3, 0.4) is 0 Å². The van der Waals surface area contributed by atoms with Crippen molar-refractivity contribution in [3.8, 4) is 5.75 Å². The standard InChI is InChI=1S/C15H17BrN2O2/c1-4-13(19)11-7-5-6-8-14(11)20-9-12-15(16)10(2)17-18(12)3/h5-8H,4,9H2,1-3H3. The van der Waals surface area contributed by atoms with Crippen molar-refractivity contribution in [2.24, 2.45) is 7.05 Å². The molecule has 0 amide bonds. The fraction of sp³-hybridized carbons (Fsp3) is 0.333. The number of halogens is 1. The van der Waals surface area contributed by atoms with E-state index in [2.05, 4.69) is 21.0 Å². The maximum atomic E-state index is 11.9. The van der Waals surface area contributed by atoms with E-state index in [0.717, 1.165) is 15.9 Å². The number of benzene rings is 1. The predicted molar refractivity (Wildman–Crippen MR) is 81.0 cm³/mol. The number of carbonyl (C=O) groups is 1. The third-order valence-corrected chi connectivity index (χ3v) is 4.17. The highest BCUT2D eigenvalue weighted by atomic mass is 79.9. The first-order valence-corrected chi connectivity index (χ1v) is 7.26. The minimum Gasteiger partial charge on any atom is -0.487 e. The largest absolute Gasteiger partial charge is 0.487 e. The highest BCUT2D eigenvalue weighted by Crippen LogP contribution is 2.24. The van der Waals surface area contributed by atoms with Crippen LogP contribution < -0.4 is 4.74 Å². The zero-order chi connectivity index (χ0) is 14.7. The van der Waals surface area contributed by atoms with Gasteiger partial charge in [-0.05, 0) is 35.0 Å². The second-order valence-electron chi connectivity index (χ2n) is 4.53. The number of Topliss-reactive ketones (excluding diaryl/α,β-unsaturated/α-hetero) is 1. The molecule has 0 bridgehead atoms. The first kappa shape index (κ1) is 14.8. The van der Waals surface area contributed by atoms with Crippen LogP contribution in [-0.4, -0.2) is 15.6 Å². The molecule has 0 aliphatic rings. The topological polar surface area (TPSA) is 44.1 Å². The summed E-state index contributed by atoms with van der Waals surface area (Å²) in [4.78, 5) is 11.9. The van der Waals surface area contributed by atoms with Gasteiger partial charge in [0, 0.05) is 13.5 Å². The molecule has 106 valence electrons. The lowest BCUT2D eigenvalue weighted by atomic mass is 10.1. The summed E-state index contributed by atoms with van der Waals surface area (Å²) in [6, 6.07) is 7.33. The van der Waals surface area contributed by atoms with Crippen LogP contribution in [0.1, 0.15) is 35.1 Å². The number of ketones is 1. The van der Waals surface area contributed by atoms with E-state index in [-0.39, 0.29) is 5.78 Å². The molecule has 0 N–H and O–H groups in total. The van der Waals surface area contributed by atoms with Gasteiger partial charge in [0.05, 0.1) is 21.4 Å². The molecule has 0 atom stereocenters. The molecule has 0 radical (unpaired) electrons. The Labute approximate surface area is 126 Å². The first-order chi connectivity index (χ1) is 9.54. The normalized spacial score (nSPS) is 10.6. The molecule has 4 nitrogen and oxygen atoms in total. The molecule has 0 saturated carbocycles. The van der Waals surface area contributed by atoms with E-state index >= 15 is 0 Å². The molecular formula is C15H17BrN2O2. The molecular weight excluding hydrogens is 320 g/mol. The molecule has 2 aromatic rings. The van der Waals surface area contributed by atoms with Crippen LogP contribution in [0.5, 0.6) is 5.75 Å². The Hall–Kier alpha value is -1.62. The Morgan fingerprint density at radius 1 is 1.40 bits per heavy atom. The van der Waals surface area contributed by atoms with Gasteiger partial charge in [0.1, 0.15) is 12.4 Å². The number of ether oxygens (including phenoxy) is 1. The molecule has 1 aromatic heterocycles. The Morgan fingerprint density at radius 3 is 2.70 bits per heavy atom. The van der Waals surface area contributed by atoms with Crippen LogP contribution in [0.4, 0.5) is 0 Å². The lowest BCUT2D eigenvalue weighted by Gasteiger charge is -2.10. The van der Waals surface area contributed by atoms with Crippen LogP contribution in [0, 0.1) is 6.92 Å². The molecule has 2 rings (SSSR count). The smallest absolute Gasteiger partial charge is 0.166 e. The summed E-state index contributed by atoms with van der Waals surface area (Å²) in [6.07, 6.45) is 0.467. The predicted octanol–water partition coefficient (Wildman–Crippen LogP) is 3.66. The number of aryl methyl sites for hydroxylation is 2. The quantitative estimate of drug-likeness (QED) is 0.782. The van der Waals surface area contributed by atoms with Gasteiger partial charge in [-0.1, -0.05) is 19.1 Å². The molecule has 20 heavy (non-hydrogen) atoms. The third-order valence-electron chi connectivity index (χ3n) is 3.13. The Kier molecular flexibility index (Phi) is 4.60. The summed E-state index contributed by atoms with van der Waals surface area (Å²) in [6.45, 7) is 4.15. The molecule has 0 unspecified atom stereocenters. The van der Waals surface area contributed by atoms with E-state index in [9.17, 15) is 4.79 Å². The van der Waals surface area contributed by atoms with Crippen molar-refractivity contribution in [1.29, 1.82) is 0 Å². The minimum atomic E-state index is 0.0841. The molecule has 0 aliphatic carbocycles. The van der Waals surface area contributed by atoms with Crippen molar-refractivity contribution in [2.75, 3.05) is 0 Å².